The molecule has 1 atom stereocenters. The molecule has 9 rings (SSSR count). The topological polar surface area (TPSA) is 202 Å². The Morgan fingerprint density at radius 1 is 0.800 bits per heavy atom. The van der Waals surface area contributed by atoms with Gasteiger partial charge in [0.15, 0.2) is 5.82 Å². The summed E-state index contributed by atoms with van der Waals surface area (Å²) in [6, 6.07) is 5.15. The van der Waals surface area contributed by atoms with Crippen molar-refractivity contribution in [1.29, 1.82) is 0 Å². The lowest BCUT2D eigenvalue weighted by molar-refractivity contribution is -0.143. The van der Waals surface area contributed by atoms with Crippen molar-refractivity contribution in [3.63, 3.8) is 0 Å². The zero-order valence-electron chi connectivity index (χ0n) is 40.8. The molecule has 4 aliphatic heterocycles. The number of ether oxygens (including phenoxy) is 1. The Kier molecular flexibility index (Phi) is 15.8. The number of piperidine rings is 2. The number of esters is 1. The van der Waals surface area contributed by atoms with Gasteiger partial charge in [0.25, 0.3) is 0 Å². The van der Waals surface area contributed by atoms with Crippen molar-refractivity contribution < 1.29 is 33.1 Å². The Morgan fingerprint density at radius 2 is 1.49 bits per heavy atom. The van der Waals surface area contributed by atoms with Crippen LogP contribution in [0.15, 0.2) is 36.8 Å². The SMILES string of the molecule is CCOC(=O)c1cnc(Nc2cnn(C)c2)nc1NC1CCC(N2CCN(C(=O)C3CCC(C(=O)N4CCC(CN5CCN(c6cccc(NC7CCC(=O)NC7=O)c6F)CC5)CC4)CC3)CC2)CC1. The van der Waals surface area contributed by atoms with Gasteiger partial charge in [0.2, 0.25) is 29.6 Å². The monoisotopic (exact) mass is 968 g/mol. The van der Waals surface area contributed by atoms with Crippen LogP contribution < -0.4 is 26.2 Å². The van der Waals surface area contributed by atoms with Crippen LogP contribution in [-0.2, 0) is 31.0 Å². The molecule has 6 fully saturated rings. The molecule has 70 heavy (non-hydrogen) atoms. The molecule has 4 amide bonds. The van der Waals surface area contributed by atoms with Crippen LogP contribution in [0.3, 0.4) is 0 Å². The maximum absolute atomic E-state index is 15.7. The molecule has 4 saturated heterocycles. The number of aromatic nitrogens is 4. The van der Waals surface area contributed by atoms with E-state index in [1.54, 1.807) is 36.0 Å². The molecule has 2 saturated carbocycles. The number of hydrogen-bond acceptors (Lipinski definition) is 15. The molecule has 0 bridgehead atoms. The van der Waals surface area contributed by atoms with Crippen molar-refractivity contribution in [3.05, 3.63) is 48.2 Å². The Bertz CT molecular complexity index is 2330. The van der Waals surface area contributed by atoms with E-state index in [-0.39, 0.29) is 60.1 Å². The number of benzene rings is 1. The maximum Gasteiger partial charge on any atom is 0.343 e. The van der Waals surface area contributed by atoms with Crippen molar-refractivity contribution in [3.8, 4) is 0 Å². The van der Waals surface area contributed by atoms with Crippen LogP contribution >= 0.6 is 0 Å². The van der Waals surface area contributed by atoms with Crippen LogP contribution in [-0.4, -0.2) is 166 Å². The number of aryl methyl sites for hydroxylation is 1. The number of anilines is 5. The minimum Gasteiger partial charge on any atom is -0.462 e. The van der Waals surface area contributed by atoms with Gasteiger partial charge < -0.3 is 35.4 Å². The fourth-order valence-electron chi connectivity index (χ4n) is 11.5. The highest BCUT2D eigenvalue weighted by Gasteiger charge is 2.38. The Balaban J connectivity index is 0.657. The summed E-state index contributed by atoms with van der Waals surface area (Å²) in [5, 5.41) is 16.2. The first kappa shape index (κ1) is 49.1. The van der Waals surface area contributed by atoms with Crippen LogP contribution in [0.5, 0.6) is 0 Å². The standard InChI is InChI=1S/C50H70FN13O6/c1-3-70-49(69)39-30-52-50(55-37-29-53-59(2)32-37)58-45(39)54-36-11-13-38(14-12-36)61-25-27-64(28-26-61)48(68)35-9-7-34(8-10-35)47(67)63-19-17-33(18-20-63)31-60-21-23-62(24-22-60)42-6-4-5-40(44(42)51)56-41-15-16-43(65)57-46(41)66/h4-6,29-30,32-36,38,41,56H,3,7-28,31H2,1-2H3,(H,57,65,66)(H2,52,54,55,58). The molecule has 6 heterocycles. The number of imide groups is 1. The maximum atomic E-state index is 15.7. The van der Waals surface area contributed by atoms with E-state index in [0.29, 0.717) is 54.5 Å². The number of amides is 4. The van der Waals surface area contributed by atoms with Gasteiger partial charge in [-0.25, -0.2) is 14.2 Å². The normalized spacial score (nSPS) is 25.3. The highest BCUT2D eigenvalue weighted by molar-refractivity contribution is 6.01. The Hall–Kier alpha value is -5.89. The minimum atomic E-state index is -0.645. The number of nitrogens with one attached hydrogen (secondary N) is 4. The fourth-order valence-corrected chi connectivity index (χ4v) is 11.5. The predicted molar refractivity (Wildman–Crippen MR) is 262 cm³/mol. The zero-order chi connectivity index (χ0) is 48.7. The van der Waals surface area contributed by atoms with E-state index >= 15 is 4.39 Å². The number of carbonyl (C=O) groups excluding carboxylic acids is 5. The molecule has 1 unspecified atom stereocenters. The van der Waals surface area contributed by atoms with Gasteiger partial charge in [-0.2, -0.15) is 10.1 Å². The van der Waals surface area contributed by atoms with E-state index in [1.165, 1.54) is 6.20 Å². The Morgan fingerprint density at radius 3 is 2.13 bits per heavy atom. The summed E-state index contributed by atoms with van der Waals surface area (Å²) in [6.45, 7) is 10.8. The molecule has 20 heteroatoms. The van der Waals surface area contributed by atoms with Gasteiger partial charge in [-0.05, 0) is 95.6 Å². The summed E-state index contributed by atoms with van der Waals surface area (Å²) in [4.78, 5) is 84.3. The largest absolute Gasteiger partial charge is 0.462 e. The summed E-state index contributed by atoms with van der Waals surface area (Å²) in [5.41, 5.74) is 1.84. The molecule has 0 spiro atoms. The molecule has 378 valence electrons. The number of likely N-dealkylation sites (tertiary alicyclic amines) is 1. The van der Waals surface area contributed by atoms with Crippen LogP contribution in [0.1, 0.15) is 94.3 Å². The van der Waals surface area contributed by atoms with Gasteiger partial charge in [-0.3, -0.25) is 39.0 Å². The second-order valence-electron chi connectivity index (χ2n) is 20.1. The van der Waals surface area contributed by atoms with Crippen LogP contribution in [0, 0.1) is 23.6 Å². The third-order valence-electron chi connectivity index (χ3n) is 15.6. The third-order valence-corrected chi connectivity index (χ3v) is 15.6. The molecule has 0 radical (unpaired) electrons. The van der Waals surface area contributed by atoms with Crippen LogP contribution in [0.4, 0.5) is 33.2 Å². The summed E-state index contributed by atoms with van der Waals surface area (Å²) in [6.07, 6.45) is 14.5. The average molecular weight is 968 g/mol. The average Bonchev–Trinajstić information content (AvgIpc) is 3.79. The zero-order valence-corrected chi connectivity index (χ0v) is 40.8. The lowest BCUT2D eigenvalue weighted by Gasteiger charge is -2.43. The van der Waals surface area contributed by atoms with Crippen molar-refractivity contribution in [2.24, 2.45) is 24.8 Å². The summed E-state index contributed by atoms with van der Waals surface area (Å²) >= 11 is 0. The van der Waals surface area contributed by atoms with Gasteiger partial charge in [-0.15, -0.1) is 0 Å². The van der Waals surface area contributed by atoms with Gasteiger partial charge in [0.05, 0.1) is 29.9 Å². The second kappa shape index (κ2) is 22.5. The third kappa shape index (κ3) is 11.8. The van der Waals surface area contributed by atoms with E-state index in [4.69, 9.17) is 4.74 Å². The summed E-state index contributed by atoms with van der Waals surface area (Å²) in [5.74, 6) is 0.246. The smallest absolute Gasteiger partial charge is 0.343 e. The molecule has 3 aromatic rings. The Labute approximate surface area is 409 Å². The van der Waals surface area contributed by atoms with Crippen molar-refractivity contribution >= 4 is 58.4 Å². The number of rotatable bonds is 14. The first-order chi connectivity index (χ1) is 34.0. The van der Waals surface area contributed by atoms with E-state index < -0.39 is 17.9 Å². The quantitative estimate of drug-likeness (QED) is 0.132. The van der Waals surface area contributed by atoms with E-state index in [9.17, 15) is 24.0 Å². The number of nitrogens with zero attached hydrogens (tertiary/aromatic N) is 9. The van der Waals surface area contributed by atoms with E-state index in [2.05, 4.69) is 60.8 Å². The first-order valence-electron chi connectivity index (χ1n) is 25.7. The molecule has 2 aromatic heterocycles. The van der Waals surface area contributed by atoms with Gasteiger partial charge in [-0.1, -0.05) is 6.07 Å². The molecule has 19 nitrogen and oxygen atoms in total. The van der Waals surface area contributed by atoms with Crippen molar-refractivity contribution in [2.75, 3.05) is 99.4 Å². The van der Waals surface area contributed by atoms with Crippen LogP contribution in [0.25, 0.3) is 0 Å². The summed E-state index contributed by atoms with van der Waals surface area (Å²) < 4.78 is 22.7. The second-order valence-corrected chi connectivity index (χ2v) is 20.1. The van der Waals surface area contributed by atoms with Crippen molar-refractivity contribution in [1.82, 2.24) is 44.7 Å². The summed E-state index contributed by atoms with van der Waals surface area (Å²) in [7, 11) is 1.83. The number of hydrogen-bond donors (Lipinski definition) is 4. The highest BCUT2D eigenvalue weighted by Crippen LogP contribution is 2.34. The van der Waals surface area contributed by atoms with Gasteiger partial charge >= 0.3 is 5.97 Å². The lowest BCUT2D eigenvalue weighted by Crippen LogP contribution is -2.54. The lowest BCUT2D eigenvalue weighted by atomic mass is 9.80. The number of carbonyl (C=O) groups is 5. The first-order valence-corrected chi connectivity index (χ1v) is 25.7. The molecule has 2 aliphatic carbocycles. The highest BCUT2D eigenvalue weighted by atomic mass is 19.1. The van der Waals surface area contributed by atoms with Crippen LogP contribution in [0.2, 0.25) is 0 Å². The van der Waals surface area contributed by atoms with E-state index in [1.807, 2.05) is 13.2 Å². The minimum absolute atomic E-state index is 0.00934. The number of piperazine rings is 2. The molecule has 4 N–H and O–H groups in total. The van der Waals surface area contributed by atoms with Gasteiger partial charge in [0, 0.05) is 122 Å². The van der Waals surface area contributed by atoms with Gasteiger partial charge in [0.1, 0.15) is 17.4 Å². The molecule has 6 aliphatic rings. The van der Waals surface area contributed by atoms with E-state index in [0.717, 1.165) is 129 Å². The molecule has 1 aromatic carbocycles. The predicted octanol–water partition coefficient (Wildman–Crippen LogP) is 4.22. The van der Waals surface area contributed by atoms with Crippen molar-refractivity contribution in [2.45, 2.75) is 102 Å². The number of halogens is 1. The fraction of sp³-hybridized carbons (Fsp3) is 0.640. The molecular formula is C50H70FN13O6. The molecular weight excluding hydrogens is 898 g/mol.